The largest absolute Gasteiger partial charge is 0.489 e. The summed E-state index contributed by atoms with van der Waals surface area (Å²) < 4.78 is 32.0. The summed E-state index contributed by atoms with van der Waals surface area (Å²) in [6.07, 6.45) is 1.46. The topological polar surface area (TPSA) is 134 Å². The minimum absolute atomic E-state index is 0.0304. The van der Waals surface area contributed by atoms with Gasteiger partial charge in [0.05, 0.1) is 49.2 Å². The zero-order valence-corrected chi connectivity index (χ0v) is 32.2. The number of carboxylic acid groups (broad SMARTS) is 1. The number of nitrogens with zero attached hydrogens (tertiary/aromatic N) is 4. The number of ether oxygens (including phenoxy) is 5. The van der Waals surface area contributed by atoms with Crippen LogP contribution in [0.25, 0.3) is 22.3 Å². The predicted octanol–water partition coefficient (Wildman–Crippen LogP) is 7.73. The van der Waals surface area contributed by atoms with Gasteiger partial charge in [-0.25, -0.2) is 19.6 Å². The van der Waals surface area contributed by atoms with Crippen molar-refractivity contribution in [2.75, 3.05) is 33.4 Å². The van der Waals surface area contributed by atoms with Crippen molar-refractivity contribution >= 4 is 34.7 Å². The van der Waals surface area contributed by atoms with Crippen molar-refractivity contribution in [3.05, 3.63) is 105 Å². The lowest BCUT2D eigenvalue weighted by Crippen LogP contribution is -2.36. The highest BCUT2D eigenvalue weighted by atomic mass is 35.5. The summed E-state index contributed by atoms with van der Waals surface area (Å²) in [7, 11) is 1.63. The molecule has 0 unspecified atom stereocenters. The Morgan fingerprint density at radius 1 is 1.00 bits per heavy atom. The van der Waals surface area contributed by atoms with Gasteiger partial charge in [0.25, 0.3) is 0 Å². The van der Waals surface area contributed by atoms with E-state index in [1.807, 2.05) is 47.0 Å². The summed E-state index contributed by atoms with van der Waals surface area (Å²) in [6, 6.07) is 20.9. The number of halogens is 1. The van der Waals surface area contributed by atoms with Crippen LogP contribution in [0.1, 0.15) is 65.6 Å². The van der Waals surface area contributed by atoms with Gasteiger partial charge in [0.1, 0.15) is 35.9 Å². The predicted molar refractivity (Wildman–Crippen MR) is 207 cm³/mol. The second-order valence-corrected chi connectivity index (χ2v) is 15.3. The molecule has 5 aromatic rings. The first-order valence-electron chi connectivity index (χ1n) is 18.4. The Balaban J connectivity index is 1.22. The molecule has 0 saturated carbocycles. The molecule has 13 heteroatoms. The number of carbonyl (C=O) groups excluding carboxylic acids is 1. The van der Waals surface area contributed by atoms with E-state index in [2.05, 4.69) is 12.1 Å². The van der Waals surface area contributed by atoms with Gasteiger partial charge in [0.15, 0.2) is 0 Å². The van der Waals surface area contributed by atoms with Crippen LogP contribution in [-0.4, -0.2) is 81.7 Å². The fourth-order valence-corrected chi connectivity index (χ4v) is 6.76. The van der Waals surface area contributed by atoms with E-state index >= 15 is 0 Å². The first-order chi connectivity index (χ1) is 26.4. The first-order valence-corrected chi connectivity index (χ1v) is 18.8. The molecule has 3 aromatic carbocycles. The number of benzene rings is 3. The van der Waals surface area contributed by atoms with Gasteiger partial charge in [-0.3, -0.25) is 0 Å². The number of hydrogen-bond donors (Lipinski definition) is 1. The Labute approximate surface area is 324 Å². The maximum Gasteiger partial charge on any atom is 0.410 e. The Morgan fingerprint density at radius 3 is 2.60 bits per heavy atom. The van der Waals surface area contributed by atoms with Crippen LogP contribution in [0.4, 0.5) is 4.79 Å². The van der Waals surface area contributed by atoms with E-state index in [0.29, 0.717) is 73.5 Å². The van der Waals surface area contributed by atoms with Crippen molar-refractivity contribution < 1.29 is 38.4 Å². The van der Waals surface area contributed by atoms with Gasteiger partial charge in [-0.1, -0.05) is 35.9 Å². The SMILES string of the molecule is CN(CCOc1cc(C(=O)O)cc2c1nc(Cc1ccc3cc1COCCc1cc(Cl)ccc1COc1cccc-3n1)n2C[C@@H]1CCO1)C(=O)OC(C)(C)C. The average Bonchev–Trinajstić information content (AvgIpc) is 3.47. The van der Waals surface area contributed by atoms with Crippen LogP contribution >= 0.6 is 11.6 Å². The van der Waals surface area contributed by atoms with E-state index in [4.69, 9.17) is 45.3 Å². The number of likely N-dealkylation sites (N-methyl/N-ethyl adjacent to an activating group) is 1. The number of fused-ring (bicyclic) bond motifs is 7. The van der Waals surface area contributed by atoms with Crippen LogP contribution < -0.4 is 9.47 Å². The molecule has 288 valence electrons. The summed E-state index contributed by atoms with van der Waals surface area (Å²) in [6.45, 7) is 8.09. The van der Waals surface area contributed by atoms with Crippen LogP contribution in [0.3, 0.4) is 0 Å². The molecule has 2 aromatic heterocycles. The number of imidazole rings is 1. The van der Waals surface area contributed by atoms with Crippen LogP contribution in [0, 0.1) is 0 Å². The molecule has 1 N–H and O–H groups in total. The van der Waals surface area contributed by atoms with Gasteiger partial charge in [-0.05, 0) is 92.3 Å². The smallest absolute Gasteiger partial charge is 0.410 e. The van der Waals surface area contributed by atoms with Gasteiger partial charge in [0.2, 0.25) is 5.88 Å². The number of rotatable bonds is 9. The molecular formula is C42H45ClN4O8. The van der Waals surface area contributed by atoms with E-state index in [-0.39, 0.29) is 24.8 Å². The summed E-state index contributed by atoms with van der Waals surface area (Å²) in [5, 5.41) is 10.8. The second-order valence-electron chi connectivity index (χ2n) is 14.8. The van der Waals surface area contributed by atoms with E-state index in [1.54, 1.807) is 33.9 Å². The third-order valence-electron chi connectivity index (χ3n) is 9.61. The van der Waals surface area contributed by atoms with Gasteiger partial charge in [-0.15, -0.1) is 0 Å². The molecule has 2 aliphatic rings. The fraction of sp³-hybridized carbons (Fsp3) is 0.381. The van der Waals surface area contributed by atoms with E-state index in [9.17, 15) is 14.7 Å². The Kier molecular flexibility index (Phi) is 11.3. The molecule has 12 nitrogen and oxygen atoms in total. The lowest BCUT2D eigenvalue weighted by atomic mass is 9.99. The number of carbonyl (C=O) groups is 2. The summed E-state index contributed by atoms with van der Waals surface area (Å²) in [4.78, 5) is 36.2. The molecule has 4 heterocycles. The molecule has 7 rings (SSSR count). The molecule has 0 spiro atoms. The average molecular weight is 769 g/mol. The summed E-state index contributed by atoms with van der Waals surface area (Å²) in [5.74, 6) is 0.481. The molecule has 1 fully saturated rings. The van der Waals surface area contributed by atoms with Crippen molar-refractivity contribution in [1.82, 2.24) is 19.4 Å². The minimum atomic E-state index is -1.09. The number of pyridine rings is 1. The summed E-state index contributed by atoms with van der Waals surface area (Å²) >= 11 is 6.37. The Hall–Kier alpha value is -5.17. The minimum Gasteiger partial charge on any atom is -0.489 e. The monoisotopic (exact) mass is 768 g/mol. The molecule has 2 aliphatic heterocycles. The van der Waals surface area contributed by atoms with Gasteiger partial charge < -0.3 is 38.3 Å². The molecule has 1 atom stereocenters. The Bertz CT molecular complexity index is 2210. The van der Waals surface area contributed by atoms with Crippen LogP contribution in [0.15, 0.2) is 66.7 Å². The van der Waals surface area contributed by atoms with Crippen molar-refractivity contribution in [3.8, 4) is 22.9 Å². The lowest BCUT2D eigenvalue weighted by Gasteiger charge is -2.27. The van der Waals surface area contributed by atoms with Crippen LogP contribution in [-0.2, 0) is 46.8 Å². The maximum atomic E-state index is 12.6. The molecule has 4 bridgehead atoms. The number of aromatic nitrogens is 3. The van der Waals surface area contributed by atoms with Gasteiger partial charge in [-0.2, -0.15) is 0 Å². The van der Waals surface area contributed by atoms with Crippen molar-refractivity contribution in [2.45, 2.75) is 71.5 Å². The highest BCUT2D eigenvalue weighted by Gasteiger charge is 2.26. The third-order valence-corrected chi connectivity index (χ3v) is 9.84. The maximum absolute atomic E-state index is 12.6. The summed E-state index contributed by atoms with van der Waals surface area (Å²) in [5.41, 5.74) is 6.33. The van der Waals surface area contributed by atoms with E-state index in [1.165, 1.54) is 11.0 Å². The van der Waals surface area contributed by atoms with E-state index in [0.717, 1.165) is 45.8 Å². The number of amides is 1. The van der Waals surface area contributed by atoms with Crippen LogP contribution in [0.5, 0.6) is 11.6 Å². The molecule has 1 amide bonds. The zero-order chi connectivity index (χ0) is 38.7. The highest BCUT2D eigenvalue weighted by molar-refractivity contribution is 6.30. The zero-order valence-electron chi connectivity index (χ0n) is 31.5. The van der Waals surface area contributed by atoms with Crippen molar-refractivity contribution in [1.29, 1.82) is 0 Å². The standard InChI is InChI=1S/C42H45ClN4O8/c1-42(2,3)55-41(50)46(4)14-17-53-36-21-30(40(48)49)20-35-39(36)45-37(47(35)23-33-13-16-52-33)22-26-8-9-28-18-31(26)24-51-15-12-27-19-32(43)11-10-29(27)25-54-38-7-5-6-34(28)44-38/h5-11,18-21,33H,12-17,22-25H2,1-4H3,(H,48,49)/t33-/m0/s1. The number of aromatic carboxylic acids is 1. The molecule has 0 aliphatic carbocycles. The molecule has 1 saturated heterocycles. The molecular weight excluding hydrogens is 724 g/mol. The second kappa shape index (κ2) is 16.3. The third kappa shape index (κ3) is 9.21. The molecule has 55 heavy (non-hydrogen) atoms. The quantitative estimate of drug-likeness (QED) is 0.159. The van der Waals surface area contributed by atoms with Gasteiger partial charge in [0, 0.05) is 36.7 Å². The van der Waals surface area contributed by atoms with Crippen molar-refractivity contribution in [2.24, 2.45) is 0 Å². The van der Waals surface area contributed by atoms with E-state index < -0.39 is 17.7 Å². The first kappa shape index (κ1) is 38.1. The highest BCUT2D eigenvalue weighted by Crippen LogP contribution is 2.33. The lowest BCUT2D eigenvalue weighted by molar-refractivity contribution is -0.0589. The van der Waals surface area contributed by atoms with Crippen LogP contribution in [0.2, 0.25) is 5.02 Å². The molecule has 0 radical (unpaired) electrons. The normalized spacial score (nSPS) is 15.6. The fourth-order valence-electron chi connectivity index (χ4n) is 6.57. The number of carboxylic acids is 1. The van der Waals surface area contributed by atoms with Gasteiger partial charge >= 0.3 is 12.1 Å². The Morgan fingerprint density at radius 2 is 1.84 bits per heavy atom. The number of hydrogen-bond acceptors (Lipinski definition) is 9. The van der Waals surface area contributed by atoms with Crippen molar-refractivity contribution in [3.63, 3.8) is 0 Å².